The molecule has 2 aromatic rings. The lowest BCUT2D eigenvalue weighted by Crippen LogP contribution is -1.63. The third-order valence-corrected chi connectivity index (χ3v) is 2.37. The van der Waals surface area contributed by atoms with Crippen LogP contribution < -0.4 is 0 Å². The Morgan fingerprint density at radius 2 is 1.40 bits per heavy atom. The lowest BCUT2D eigenvalue weighted by molar-refractivity contribution is 1.54. The molecule has 2 heterocycles. The van der Waals surface area contributed by atoms with Crippen LogP contribution in [-0.2, 0) is 0 Å². The van der Waals surface area contributed by atoms with E-state index in [-0.39, 0.29) is 0 Å². The minimum Gasteiger partial charge on any atom is -0.201 e. The molecule has 0 amide bonds. The molecule has 0 fully saturated rings. The van der Waals surface area contributed by atoms with Crippen LogP contribution in [0.4, 0.5) is 0 Å². The Labute approximate surface area is 66.5 Å². The predicted octanol–water partition coefficient (Wildman–Crippen LogP) is 2.27. The zero-order chi connectivity index (χ0) is 6.81. The largest absolute Gasteiger partial charge is 0.201 e. The highest BCUT2D eigenvalue weighted by Crippen LogP contribution is 2.20. The first-order chi connectivity index (χ1) is 4.97. The van der Waals surface area contributed by atoms with Gasteiger partial charge in [-0.3, -0.25) is 0 Å². The minimum atomic E-state index is 1.17. The van der Waals surface area contributed by atoms with Crippen LogP contribution in [0.3, 0.4) is 0 Å². The SMILES string of the molecule is c1nscc1-c1cnsc1. The summed E-state index contributed by atoms with van der Waals surface area (Å²) in [5.74, 6) is 0. The molecule has 10 heavy (non-hydrogen) atoms. The van der Waals surface area contributed by atoms with E-state index in [2.05, 4.69) is 8.75 Å². The molecule has 0 atom stereocenters. The molecule has 0 radical (unpaired) electrons. The second-order valence-corrected chi connectivity index (χ2v) is 3.14. The van der Waals surface area contributed by atoms with Gasteiger partial charge in [-0.15, -0.1) is 0 Å². The van der Waals surface area contributed by atoms with Crippen LogP contribution in [0, 0.1) is 0 Å². The molecule has 4 heteroatoms. The van der Waals surface area contributed by atoms with Crippen LogP contribution in [0.2, 0.25) is 0 Å². The first-order valence-electron chi connectivity index (χ1n) is 2.76. The molecule has 0 aliphatic carbocycles. The molecule has 0 aliphatic rings. The van der Waals surface area contributed by atoms with E-state index in [0.29, 0.717) is 0 Å². The van der Waals surface area contributed by atoms with Crippen LogP contribution in [0.15, 0.2) is 23.2 Å². The van der Waals surface area contributed by atoms with E-state index in [0.717, 1.165) is 0 Å². The van der Waals surface area contributed by atoms with Gasteiger partial charge in [-0.2, -0.15) is 0 Å². The zero-order valence-corrected chi connectivity index (χ0v) is 6.65. The number of hydrogen-bond donors (Lipinski definition) is 0. The third kappa shape index (κ3) is 0.955. The molecular formula is C6H4N2S2. The predicted molar refractivity (Wildman–Crippen MR) is 43.2 cm³/mol. The maximum absolute atomic E-state index is 4.00. The molecule has 0 aromatic carbocycles. The summed E-state index contributed by atoms with van der Waals surface area (Å²) >= 11 is 2.93. The Bertz CT molecular complexity index is 253. The standard InChI is InChI=1S/C6H4N2S2/c1-5(3-9-7-1)6-2-8-10-4-6/h1-4H. The molecular weight excluding hydrogens is 164 g/mol. The Morgan fingerprint density at radius 1 is 0.900 bits per heavy atom. The molecule has 0 saturated heterocycles. The number of rotatable bonds is 1. The normalized spacial score (nSPS) is 10.0. The van der Waals surface area contributed by atoms with Gasteiger partial charge in [0.1, 0.15) is 0 Å². The van der Waals surface area contributed by atoms with E-state index in [1.807, 2.05) is 23.2 Å². The summed E-state index contributed by atoms with van der Waals surface area (Å²) < 4.78 is 7.99. The van der Waals surface area contributed by atoms with Crippen LogP contribution >= 0.6 is 23.1 Å². The molecule has 0 unspecified atom stereocenters. The lowest BCUT2D eigenvalue weighted by atomic mass is 10.2. The summed E-state index contributed by atoms with van der Waals surface area (Å²) in [6.45, 7) is 0. The fraction of sp³-hybridized carbons (Fsp3) is 0. The van der Waals surface area contributed by atoms with Crippen molar-refractivity contribution in [3.63, 3.8) is 0 Å². The first-order valence-corrected chi connectivity index (χ1v) is 4.43. The topological polar surface area (TPSA) is 25.8 Å². The number of aromatic nitrogens is 2. The Hall–Kier alpha value is -0.740. The van der Waals surface area contributed by atoms with Crippen molar-refractivity contribution < 1.29 is 0 Å². The Morgan fingerprint density at radius 3 is 1.70 bits per heavy atom. The molecule has 0 saturated carbocycles. The van der Waals surface area contributed by atoms with Gasteiger partial charge < -0.3 is 0 Å². The smallest absolute Gasteiger partial charge is 0.0486 e. The van der Waals surface area contributed by atoms with Crippen molar-refractivity contribution >= 4 is 23.1 Å². The maximum atomic E-state index is 4.00. The van der Waals surface area contributed by atoms with E-state index < -0.39 is 0 Å². The van der Waals surface area contributed by atoms with Crippen LogP contribution in [-0.4, -0.2) is 8.75 Å². The fourth-order valence-electron chi connectivity index (χ4n) is 0.695. The quantitative estimate of drug-likeness (QED) is 0.652. The number of nitrogens with zero attached hydrogens (tertiary/aromatic N) is 2. The Balaban J connectivity index is 2.48. The Kier molecular flexibility index (Phi) is 1.49. The molecule has 2 rings (SSSR count). The molecule has 0 bridgehead atoms. The van der Waals surface area contributed by atoms with Crippen molar-refractivity contribution in [1.29, 1.82) is 0 Å². The summed E-state index contributed by atoms with van der Waals surface area (Å²) in [5, 5.41) is 4.04. The second-order valence-electron chi connectivity index (χ2n) is 1.83. The molecule has 50 valence electrons. The van der Waals surface area contributed by atoms with E-state index >= 15 is 0 Å². The first kappa shape index (κ1) is 6.00. The van der Waals surface area contributed by atoms with Gasteiger partial charge in [0.05, 0.1) is 0 Å². The van der Waals surface area contributed by atoms with Gasteiger partial charge in [0.25, 0.3) is 0 Å². The molecule has 2 aromatic heterocycles. The summed E-state index contributed by atoms with van der Waals surface area (Å²) in [6, 6.07) is 0. The molecule has 2 nitrogen and oxygen atoms in total. The minimum absolute atomic E-state index is 1.17. The van der Waals surface area contributed by atoms with Gasteiger partial charge in [-0.05, 0) is 23.1 Å². The van der Waals surface area contributed by atoms with Crippen molar-refractivity contribution in [3.05, 3.63) is 23.2 Å². The van der Waals surface area contributed by atoms with Gasteiger partial charge in [0, 0.05) is 34.3 Å². The highest BCUT2D eigenvalue weighted by molar-refractivity contribution is 7.04. The summed E-state index contributed by atoms with van der Waals surface area (Å²) in [4.78, 5) is 0. The fourth-order valence-corrected chi connectivity index (χ4v) is 1.79. The van der Waals surface area contributed by atoms with E-state index in [9.17, 15) is 0 Å². The highest BCUT2D eigenvalue weighted by atomic mass is 32.1. The van der Waals surface area contributed by atoms with Crippen LogP contribution in [0.5, 0.6) is 0 Å². The van der Waals surface area contributed by atoms with Crippen molar-refractivity contribution in [2.75, 3.05) is 0 Å². The average Bonchev–Trinajstić information content (AvgIpc) is 2.59. The van der Waals surface area contributed by atoms with Crippen molar-refractivity contribution in [1.82, 2.24) is 8.75 Å². The van der Waals surface area contributed by atoms with Crippen molar-refractivity contribution in [2.45, 2.75) is 0 Å². The van der Waals surface area contributed by atoms with Crippen LogP contribution in [0.25, 0.3) is 11.1 Å². The van der Waals surface area contributed by atoms with E-state index in [1.165, 1.54) is 34.2 Å². The summed E-state index contributed by atoms with van der Waals surface area (Å²) in [5.41, 5.74) is 2.33. The van der Waals surface area contributed by atoms with Gasteiger partial charge >= 0.3 is 0 Å². The van der Waals surface area contributed by atoms with Crippen LogP contribution in [0.1, 0.15) is 0 Å². The van der Waals surface area contributed by atoms with Gasteiger partial charge in [0.15, 0.2) is 0 Å². The van der Waals surface area contributed by atoms with E-state index in [4.69, 9.17) is 0 Å². The lowest BCUT2D eigenvalue weighted by Gasteiger charge is -1.82. The third-order valence-electron chi connectivity index (χ3n) is 1.20. The molecule has 0 spiro atoms. The van der Waals surface area contributed by atoms with Gasteiger partial charge in [0.2, 0.25) is 0 Å². The summed E-state index contributed by atoms with van der Waals surface area (Å²) in [6.07, 6.45) is 3.71. The van der Waals surface area contributed by atoms with Crippen molar-refractivity contribution in [2.24, 2.45) is 0 Å². The maximum Gasteiger partial charge on any atom is 0.0486 e. The second kappa shape index (κ2) is 2.48. The number of hydrogen-bond acceptors (Lipinski definition) is 4. The monoisotopic (exact) mass is 168 g/mol. The van der Waals surface area contributed by atoms with Gasteiger partial charge in [-0.1, -0.05) is 0 Å². The highest BCUT2D eigenvalue weighted by Gasteiger charge is 1.97. The van der Waals surface area contributed by atoms with E-state index in [1.54, 1.807) is 0 Å². The molecule has 0 aliphatic heterocycles. The van der Waals surface area contributed by atoms with Gasteiger partial charge in [-0.25, -0.2) is 8.75 Å². The average molecular weight is 168 g/mol. The molecule has 0 N–H and O–H groups in total. The summed E-state index contributed by atoms with van der Waals surface area (Å²) in [7, 11) is 0. The zero-order valence-electron chi connectivity index (χ0n) is 5.02. The van der Waals surface area contributed by atoms with Crippen molar-refractivity contribution in [3.8, 4) is 11.1 Å².